The third kappa shape index (κ3) is 3.03. The lowest BCUT2D eigenvalue weighted by Gasteiger charge is -1.96. The maximum atomic E-state index is 5.60. The smallest absolute Gasteiger partial charge is 0.248 e. The number of hydrogen-bond acceptors (Lipinski definition) is 5. The number of aryl methyl sites for hydroxylation is 2. The summed E-state index contributed by atoms with van der Waals surface area (Å²) in [7, 11) is 0. The standard InChI is InChI=1S/C14H15N5O/c15-12-8-16-19(9-12)10-14-17-13(18-20-14)7-6-11-4-2-1-3-5-11/h1-5,8-9H,6-7,10,15H2. The minimum Gasteiger partial charge on any atom is -0.396 e. The van der Waals surface area contributed by atoms with Crippen molar-refractivity contribution in [3.63, 3.8) is 0 Å². The van der Waals surface area contributed by atoms with Crippen molar-refractivity contribution in [3.05, 3.63) is 60.0 Å². The van der Waals surface area contributed by atoms with Crippen LogP contribution in [0.3, 0.4) is 0 Å². The van der Waals surface area contributed by atoms with Gasteiger partial charge in [-0.25, -0.2) is 0 Å². The predicted octanol–water partition coefficient (Wildman–Crippen LogP) is 1.68. The van der Waals surface area contributed by atoms with Crippen LogP contribution in [0.25, 0.3) is 0 Å². The predicted molar refractivity (Wildman–Crippen MR) is 73.9 cm³/mol. The van der Waals surface area contributed by atoms with E-state index in [1.165, 1.54) is 5.56 Å². The number of hydrogen-bond donors (Lipinski definition) is 1. The molecule has 0 aliphatic heterocycles. The highest BCUT2D eigenvalue weighted by Gasteiger charge is 2.07. The molecule has 0 saturated carbocycles. The van der Waals surface area contributed by atoms with Crippen molar-refractivity contribution in [1.29, 1.82) is 0 Å². The van der Waals surface area contributed by atoms with E-state index in [1.807, 2.05) is 18.2 Å². The van der Waals surface area contributed by atoms with E-state index in [4.69, 9.17) is 10.3 Å². The van der Waals surface area contributed by atoms with Gasteiger partial charge in [0.05, 0.1) is 11.9 Å². The van der Waals surface area contributed by atoms with Gasteiger partial charge in [-0.05, 0) is 12.0 Å². The van der Waals surface area contributed by atoms with Crippen molar-refractivity contribution in [2.45, 2.75) is 19.4 Å². The molecule has 0 fully saturated rings. The van der Waals surface area contributed by atoms with E-state index in [-0.39, 0.29) is 0 Å². The van der Waals surface area contributed by atoms with E-state index >= 15 is 0 Å². The Labute approximate surface area is 116 Å². The summed E-state index contributed by atoms with van der Waals surface area (Å²) in [6, 6.07) is 10.2. The molecule has 3 rings (SSSR count). The number of aromatic nitrogens is 4. The van der Waals surface area contributed by atoms with Crippen molar-refractivity contribution >= 4 is 5.69 Å². The van der Waals surface area contributed by atoms with Crippen molar-refractivity contribution in [1.82, 2.24) is 19.9 Å². The van der Waals surface area contributed by atoms with Crippen molar-refractivity contribution < 1.29 is 4.52 Å². The molecule has 2 aromatic heterocycles. The van der Waals surface area contributed by atoms with E-state index in [9.17, 15) is 0 Å². The van der Waals surface area contributed by atoms with Crippen LogP contribution in [0.2, 0.25) is 0 Å². The summed E-state index contributed by atoms with van der Waals surface area (Å²) < 4.78 is 6.87. The Kier molecular flexibility index (Phi) is 3.45. The fourth-order valence-electron chi connectivity index (χ4n) is 1.96. The molecule has 6 nitrogen and oxygen atoms in total. The molecule has 0 radical (unpaired) electrons. The SMILES string of the molecule is Nc1cnn(Cc2nc(CCc3ccccc3)no2)c1. The zero-order valence-corrected chi connectivity index (χ0v) is 10.9. The fourth-order valence-corrected chi connectivity index (χ4v) is 1.96. The Morgan fingerprint density at radius 3 is 2.75 bits per heavy atom. The lowest BCUT2D eigenvalue weighted by molar-refractivity contribution is 0.361. The number of rotatable bonds is 5. The lowest BCUT2D eigenvalue weighted by atomic mass is 10.1. The average Bonchev–Trinajstić information content (AvgIpc) is 3.08. The highest BCUT2D eigenvalue weighted by molar-refractivity contribution is 5.30. The fraction of sp³-hybridized carbons (Fsp3) is 0.214. The van der Waals surface area contributed by atoms with Crippen LogP contribution in [-0.2, 0) is 19.4 Å². The number of benzene rings is 1. The molecular weight excluding hydrogens is 254 g/mol. The molecule has 0 bridgehead atoms. The molecule has 0 aliphatic rings. The Bertz CT molecular complexity index is 674. The van der Waals surface area contributed by atoms with E-state index < -0.39 is 0 Å². The number of nitrogens with two attached hydrogens (primary N) is 1. The molecule has 0 amide bonds. The highest BCUT2D eigenvalue weighted by atomic mass is 16.5. The summed E-state index contributed by atoms with van der Waals surface area (Å²) in [6.45, 7) is 0.440. The average molecular weight is 269 g/mol. The van der Waals surface area contributed by atoms with E-state index in [0.29, 0.717) is 23.9 Å². The maximum absolute atomic E-state index is 5.60. The zero-order chi connectivity index (χ0) is 13.8. The summed E-state index contributed by atoms with van der Waals surface area (Å²) >= 11 is 0. The quantitative estimate of drug-likeness (QED) is 0.762. The first kappa shape index (κ1) is 12.4. The minimum atomic E-state index is 0.440. The summed E-state index contributed by atoms with van der Waals surface area (Å²) in [5.41, 5.74) is 7.48. The molecule has 2 N–H and O–H groups in total. The number of nitrogen functional groups attached to an aromatic ring is 1. The second-order valence-corrected chi connectivity index (χ2v) is 4.56. The molecule has 0 aliphatic carbocycles. The van der Waals surface area contributed by atoms with Gasteiger partial charge in [0.15, 0.2) is 5.82 Å². The molecule has 2 heterocycles. The summed E-state index contributed by atoms with van der Waals surface area (Å²) in [5.74, 6) is 1.25. The number of anilines is 1. The minimum absolute atomic E-state index is 0.440. The Morgan fingerprint density at radius 1 is 1.15 bits per heavy atom. The van der Waals surface area contributed by atoms with Crippen molar-refractivity contribution in [2.24, 2.45) is 0 Å². The second kappa shape index (κ2) is 5.56. The van der Waals surface area contributed by atoms with Gasteiger partial charge >= 0.3 is 0 Å². The molecule has 0 unspecified atom stereocenters. The molecule has 6 heteroatoms. The van der Waals surface area contributed by atoms with Gasteiger partial charge < -0.3 is 10.3 Å². The van der Waals surface area contributed by atoms with Crippen LogP contribution in [-0.4, -0.2) is 19.9 Å². The largest absolute Gasteiger partial charge is 0.396 e. The second-order valence-electron chi connectivity index (χ2n) is 4.56. The first-order valence-corrected chi connectivity index (χ1v) is 6.43. The van der Waals surface area contributed by atoms with Gasteiger partial charge in [0.25, 0.3) is 0 Å². The molecule has 20 heavy (non-hydrogen) atoms. The molecule has 3 aromatic rings. The summed E-state index contributed by atoms with van der Waals surface area (Å²) in [6.07, 6.45) is 4.98. The Balaban J connectivity index is 1.59. The van der Waals surface area contributed by atoms with Gasteiger partial charge in [-0.15, -0.1) is 0 Å². The van der Waals surface area contributed by atoms with Crippen LogP contribution in [0.5, 0.6) is 0 Å². The first-order valence-electron chi connectivity index (χ1n) is 6.43. The highest BCUT2D eigenvalue weighted by Crippen LogP contribution is 2.07. The topological polar surface area (TPSA) is 82.8 Å². The molecular formula is C14H15N5O. The third-order valence-corrected chi connectivity index (χ3v) is 2.94. The lowest BCUT2D eigenvalue weighted by Crippen LogP contribution is -2.00. The normalized spacial score (nSPS) is 10.8. The van der Waals surface area contributed by atoms with Crippen LogP contribution in [0.1, 0.15) is 17.3 Å². The molecule has 0 atom stereocenters. The van der Waals surface area contributed by atoms with Crippen LogP contribution in [0.4, 0.5) is 5.69 Å². The van der Waals surface area contributed by atoms with Crippen LogP contribution in [0, 0.1) is 0 Å². The summed E-state index contributed by atoms with van der Waals surface area (Å²) in [4.78, 5) is 4.35. The Morgan fingerprint density at radius 2 is 2.00 bits per heavy atom. The van der Waals surface area contributed by atoms with Crippen LogP contribution in [0.15, 0.2) is 47.2 Å². The number of nitrogens with zero attached hydrogens (tertiary/aromatic N) is 4. The molecule has 102 valence electrons. The maximum Gasteiger partial charge on any atom is 0.248 e. The van der Waals surface area contributed by atoms with E-state index in [1.54, 1.807) is 17.1 Å². The van der Waals surface area contributed by atoms with Gasteiger partial charge in [0, 0.05) is 12.6 Å². The molecule has 0 spiro atoms. The van der Waals surface area contributed by atoms with Gasteiger partial charge in [0.1, 0.15) is 6.54 Å². The van der Waals surface area contributed by atoms with Crippen molar-refractivity contribution in [2.75, 3.05) is 5.73 Å². The Hall–Kier alpha value is -2.63. The first-order chi connectivity index (χ1) is 9.79. The van der Waals surface area contributed by atoms with Crippen LogP contribution < -0.4 is 5.73 Å². The van der Waals surface area contributed by atoms with Gasteiger partial charge in [-0.1, -0.05) is 35.5 Å². The zero-order valence-electron chi connectivity index (χ0n) is 10.9. The molecule has 1 aromatic carbocycles. The molecule has 0 saturated heterocycles. The van der Waals surface area contributed by atoms with E-state index in [0.717, 1.165) is 12.8 Å². The van der Waals surface area contributed by atoms with Gasteiger partial charge in [-0.3, -0.25) is 4.68 Å². The van der Waals surface area contributed by atoms with Crippen LogP contribution >= 0.6 is 0 Å². The van der Waals surface area contributed by atoms with Crippen molar-refractivity contribution in [3.8, 4) is 0 Å². The van der Waals surface area contributed by atoms with E-state index in [2.05, 4.69) is 27.4 Å². The summed E-state index contributed by atoms with van der Waals surface area (Å²) in [5, 5.41) is 8.05. The van der Waals surface area contributed by atoms with Gasteiger partial charge in [-0.2, -0.15) is 10.1 Å². The monoisotopic (exact) mass is 269 g/mol. The third-order valence-electron chi connectivity index (χ3n) is 2.94. The van der Waals surface area contributed by atoms with Gasteiger partial charge in [0.2, 0.25) is 5.89 Å².